The van der Waals surface area contributed by atoms with E-state index < -0.39 is 19.9 Å². The van der Waals surface area contributed by atoms with Gasteiger partial charge in [0.15, 0.2) is 13.9 Å². The van der Waals surface area contributed by atoms with E-state index in [4.69, 9.17) is 9.53 Å². The minimum atomic E-state index is -1.78. The van der Waals surface area contributed by atoms with Crippen LogP contribution in [0.1, 0.15) is 26.7 Å². The Hall–Kier alpha value is -0.353. The smallest absolute Gasteiger partial charge is 0.334 e. The van der Waals surface area contributed by atoms with Crippen molar-refractivity contribution in [1.82, 2.24) is 0 Å². The van der Waals surface area contributed by atoms with Crippen molar-refractivity contribution >= 4 is 14.3 Å². The van der Waals surface area contributed by atoms with Gasteiger partial charge in [0.05, 0.1) is 0 Å². The van der Waals surface area contributed by atoms with Gasteiger partial charge in [-0.3, -0.25) is 0 Å². The van der Waals surface area contributed by atoms with Gasteiger partial charge in [0.1, 0.15) is 0 Å². The molecule has 4 heteroatoms. The molecule has 3 nitrogen and oxygen atoms in total. The van der Waals surface area contributed by atoms with Crippen LogP contribution in [-0.2, 0) is 9.22 Å². The van der Waals surface area contributed by atoms with Crippen LogP contribution < -0.4 is 0 Å². The molecule has 0 rings (SSSR count). The fourth-order valence-electron chi connectivity index (χ4n) is 1.33. The summed E-state index contributed by atoms with van der Waals surface area (Å²) in [5, 5.41) is 9.08. The third kappa shape index (κ3) is 3.48. The van der Waals surface area contributed by atoms with Crippen LogP contribution in [-0.4, -0.2) is 25.0 Å². The highest BCUT2D eigenvalue weighted by atomic mass is 28.4. The predicted octanol–water partition coefficient (Wildman–Crippen LogP) is 2.48. The molecule has 0 aliphatic carbocycles. The van der Waals surface area contributed by atoms with Crippen molar-refractivity contribution in [3.8, 4) is 0 Å². The summed E-state index contributed by atoms with van der Waals surface area (Å²) in [6.45, 7) is 9.75. The number of carboxylic acids is 1. The third-order valence-corrected chi connectivity index (χ3v) is 3.04. The van der Waals surface area contributed by atoms with Crippen molar-refractivity contribution in [1.29, 1.82) is 0 Å². The minimum Gasteiger partial charge on any atom is -0.479 e. The fraction of sp³-hybridized carbons (Fsp3) is 0.889. The molecule has 0 heterocycles. The Kier molecular flexibility index (Phi) is 4.12. The van der Waals surface area contributed by atoms with Crippen LogP contribution in [0.3, 0.4) is 0 Å². The van der Waals surface area contributed by atoms with Crippen molar-refractivity contribution in [3.05, 3.63) is 0 Å². The lowest BCUT2D eigenvalue weighted by Crippen LogP contribution is -2.47. The van der Waals surface area contributed by atoms with Crippen LogP contribution in [0, 0.1) is 0 Å². The highest BCUT2D eigenvalue weighted by Gasteiger charge is 2.39. The standard InChI is InChI=1S/C9H20O3Si/c1-6-9(7-2,8(10)11)12-13(3,4)5/h6-7H2,1-5H3,(H,10,11). The van der Waals surface area contributed by atoms with Crippen molar-refractivity contribution < 1.29 is 14.3 Å². The number of rotatable bonds is 5. The fourth-order valence-corrected chi connectivity index (χ4v) is 2.87. The van der Waals surface area contributed by atoms with E-state index in [1.807, 2.05) is 33.5 Å². The van der Waals surface area contributed by atoms with Gasteiger partial charge in [-0.2, -0.15) is 0 Å². The molecule has 0 aromatic carbocycles. The quantitative estimate of drug-likeness (QED) is 0.700. The molecule has 0 radical (unpaired) electrons. The number of carboxylic acid groups (broad SMARTS) is 1. The number of hydrogen-bond acceptors (Lipinski definition) is 2. The van der Waals surface area contributed by atoms with Gasteiger partial charge in [0.2, 0.25) is 0 Å². The molecule has 13 heavy (non-hydrogen) atoms. The van der Waals surface area contributed by atoms with E-state index >= 15 is 0 Å². The molecule has 0 atom stereocenters. The minimum absolute atomic E-state index is 0.531. The van der Waals surface area contributed by atoms with Gasteiger partial charge < -0.3 is 9.53 Å². The first-order valence-electron chi connectivity index (χ1n) is 4.71. The highest BCUT2D eigenvalue weighted by molar-refractivity contribution is 6.70. The molecule has 0 amide bonds. The molecule has 1 N–H and O–H groups in total. The van der Waals surface area contributed by atoms with Crippen molar-refractivity contribution in [2.45, 2.75) is 51.9 Å². The van der Waals surface area contributed by atoms with E-state index in [0.29, 0.717) is 12.8 Å². The Morgan fingerprint density at radius 2 is 1.69 bits per heavy atom. The maximum atomic E-state index is 11.1. The van der Waals surface area contributed by atoms with Crippen molar-refractivity contribution in [2.75, 3.05) is 0 Å². The molecule has 0 bridgehead atoms. The summed E-state index contributed by atoms with van der Waals surface area (Å²) in [7, 11) is -1.78. The molecule has 0 saturated heterocycles. The van der Waals surface area contributed by atoms with Crippen LogP contribution in [0.15, 0.2) is 0 Å². The molecule has 0 aliphatic heterocycles. The zero-order valence-corrected chi connectivity index (χ0v) is 10.2. The summed E-state index contributed by atoms with van der Waals surface area (Å²) in [4.78, 5) is 11.1. The van der Waals surface area contributed by atoms with E-state index in [1.165, 1.54) is 0 Å². The van der Waals surface area contributed by atoms with E-state index in [9.17, 15) is 4.79 Å². The van der Waals surface area contributed by atoms with Gasteiger partial charge in [-0.05, 0) is 32.5 Å². The maximum Gasteiger partial charge on any atom is 0.334 e. The molecule has 78 valence electrons. The zero-order valence-electron chi connectivity index (χ0n) is 9.18. The second-order valence-electron chi connectivity index (χ2n) is 4.22. The molecule has 0 aromatic heterocycles. The first-order valence-corrected chi connectivity index (χ1v) is 8.12. The Labute approximate surface area is 81.2 Å². The van der Waals surface area contributed by atoms with Crippen LogP contribution in [0.25, 0.3) is 0 Å². The lowest BCUT2D eigenvalue weighted by molar-refractivity contribution is -0.156. The van der Waals surface area contributed by atoms with Gasteiger partial charge in [-0.15, -0.1) is 0 Å². The lowest BCUT2D eigenvalue weighted by atomic mass is 9.98. The summed E-state index contributed by atoms with van der Waals surface area (Å²) in [5.74, 6) is -0.833. The Balaban J connectivity index is 4.69. The number of carbonyl (C=O) groups is 1. The number of hydrogen-bond donors (Lipinski definition) is 1. The van der Waals surface area contributed by atoms with Gasteiger partial charge >= 0.3 is 5.97 Å². The van der Waals surface area contributed by atoms with Gasteiger partial charge in [-0.1, -0.05) is 13.8 Å². The lowest BCUT2D eigenvalue weighted by Gasteiger charge is -2.34. The van der Waals surface area contributed by atoms with Gasteiger partial charge in [-0.25, -0.2) is 4.79 Å². The molecule has 0 spiro atoms. The Bertz CT molecular complexity index is 180. The van der Waals surface area contributed by atoms with Crippen LogP contribution in [0.5, 0.6) is 0 Å². The monoisotopic (exact) mass is 204 g/mol. The average Bonchev–Trinajstić information content (AvgIpc) is 1.98. The molecule has 0 fully saturated rings. The normalized spacial score (nSPS) is 13.0. The summed E-state index contributed by atoms with van der Waals surface area (Å²) >= 11 is 0. The molecule has 0 aliphatic rings. The van der Waals surface area contributed by atoms with Crippen LogP contribution >= 0.6 is 0 Å². The van der Waals surface area contributed by atoms with Gasteiger partial charge in [0, 0.05) is 0 Å². The summed E-state index contributed by atoms with van der Waals surface area (Å²) in [6, 6.07) is 0. The van der Waals surface area contributed by atoms with Crippen LogP contribution in [0.4, 0.5) is 0 Å². The second-order valence-corrected chi connectivity index (χ2v) is 8.65. The highest BCUT2D eigenvalue weighted by Crippen LogP contribution is 2.25. The average molecular weight is 204 g/mol. The number of aliphatic carboxylic acids is 1. The molecular weight excluding hydrogens is 184 g/mol. The van der Waals surface area contributed by atoms with E-state index in [1.54, 1.807) is 0 Å². The second kappa shape index (κ2) is 4.24. The Morgan fingerprint density at radius 3 is 1.77 bits per heavy atom. The first-order chi connectivity index (χ1) is 5.77. The van der Waals surface area contributed by atoms with Crippen molar-refractivity contribution in [2.24, 2.45) is 0 Å². The van der Waals surface area contributed by atoms with E-state index in [2.05, 4.69) is 0 Å². The maximum absolute atomic E-state index is 11.1. The Morgan fingerprint density at radius 1 is 1.31 bits per heavy atom. The third-order valence-electron chi connectivity index (χ3n) is 2.03. The molecular formula is C9H20O3Si. The van der Waals surface area contributed by atoms with E-state index in [-0.39, 0.29) is 0 Å². The first kappa shape index (κ1) is 12.6. The SMILES string of the molecule is CCC(CC)(O[Si](C)(C)C)C(=O)O. The molecule has 0 unspecified atom stereocenters. The zero-order chi connectivity index (χ0) is 10.7. The molecule has 0 saturated carbocycles. The predicted molar refractivity (Wildman–Crippen MR) is 55.4 cm³/mol. The summed E-state index contributed by atoms with van der Waals surface area (Å²) < 4.78 is 5.72. The summed E-state index contributed by atoms with van der Waals surface area (Å²) in [5.41, 5.74) is -0.954. The molecule has 0 aromatic rings. The summed E-state index contributed by atoms with van der Waals surface area (Å²) in [6.07, 6.45) is 1.06. The topological polar surface area (TPSA) is 46.5 Å². The van der Waals surface area contributed by atoms with Crippen LogP contribution in [0.2, 0.25) is 19.6 Å². The van der Waals surface area contributed by atoms with E-state index in [0.717, 1.165) is 0 Å². The van der Waals surface area contributed by atoms with Gasteiger partial charge in [0.25, 0.3) is 0 Å². The largest absolute Gasteiger partial charge is 0.479 e. The van der Waals surface area contributed by atoms with Crippen molar-refractivity contribution in [3.63, 3.8) is 0 Å².